The van der Waals surface area contributed by atoms with E-state index in [2.05, 4.69) is 13.8 Å². The Balaban J connectivity index is 3.17. The minimum absolute atomic E-state index is 0.0705. The maximum absolute atomic E-state index is 10.8. The fourth-order valence-corrected chi connectivity index (χ4v) is 2.28. The van der Waals surface area contributed by atoms with Crippen LogP contribution in [0.2, 0.25) is 0 Å². The van der Waals surface area contributed by atoms with E-state index < -0.39 is 5.97 Å². The van der Waals surface area contributed by atoms with E-state index in [1.165, 1.54) is 5.56 Å². The van der Waals surface area contributed by atoms with Gasteiger partial charge in [0.15, 0.2) is 0 Å². The number of hydrogen-bond acceptors (Lipinski definition) is 2. The van der Waals surface area contributed by atoms with Gasteiger partial charge in [-0.15, -0.1) is 0 Å². The quantitative estimate of drug-likeness (QED) is 0.804. The SMILES string of the molecule is CCC/C(=C\CC(=O)O)c1ccc(OCC)c(C)c1C. The molecule has 0 amide bonds. The van der Waals surface area contributed by atoms with E-state index in [0.29, 0.717) is 6.61 Å². The van der Waals surface area contributed by atoms with Crippen LogP contribution in [0.3, 0.4) is 0 Å². The van der Waals surface area contributed by atoms with Crippen LogP contribution in [0.5, 0.6) is 5.75 Å². The topological polar surface area (TPSA) is 46.5 Å². The Morgan fingerprint density at radius 3 is 2.50 bits per heavy atom. The van der Waals surface area contributed by atoms with Crippen LogP contribution < -0.4 is 4.74 Å². The number of carboxylic acid groups (broad SMARTS) is 1. The van der Waals surface area contributed by atoms with E-state index in [9.17, 15) is 4.79 Å². The zero-order valence-electron chi connectivity index (χ0n) is 12.8. The van der Waals surface area contributed by atoms with Crippen LogP contribution in [-0.2, 0) is 4.79 Å². The van der Waals surface area contributed by atoms with Crippen LogP contribution >= 0.6 is 0 Å². The van der Waals surface area contributed by atoms with Crippen molar-refractivity contribution in [1.82, 2.24) is 0 Å². The largest absolute Gasteiger partial charge is 0.494 e. The number of hydrogen-bond donors (Lipinski definition) is 1. The molecular weight excluding hydrogens is 252 g/mol. The number of allylic oxidation sites excluding steroid dienone is 1. The highest BCUT2D eigenvalue weighted by Gasteiger charge is 2.10. The molecule has 0 saturated heterocycles. The van der Waals surface area contributed by atoms with Crippen LogP contribution in [0.15, 0.2) is 18.2 Å². The number of aliphatic carboxylic acids is 1. The van der Waals surface area contributed by atoms with Crippen molar-refractivity contribution in [1.29, 1.82) is 0 Å². The molecule has 0 atom stereocenters. The van der Waals surface area contributed by atoms with Gasteiger partial charge in [-0.25, -0.2) is 0 Å². The summed E-state index contributed by atoms with van der Waals surface area (Å²) in [5, 5.41) is 8.85. The van der Waals surface area contributed by atoms with Crippen LogP contribution in [0, 0.1) is 13.8 Å². The zero-order valence-corrected chi connectivity index (χ0v) is 12.8. The van der Waals surface area contributed by atoms with Gasteiger partial charge in [-0.2, -0.15) is 0 Å². The Kier molecular flexibility index (Phi) is 6.29. The van der Waals surface area contributed by atoms with Gasteiger partial charge < -0.3 is 9.84 Å². The molecule has 0 heterocycles. The van der Waals surface area contributed by atoms with Gasteiger partial charge in [-0.1, -0.05) is 25.5 Å². The molecule has 0 aromatic heterocycles. The third-order valence-electron chi connectivity index (χ3n) is 3.43. The van der Waals surface area contributed by atoms with Crippen LogP contribution in [0.4, 0.5) is 0 Å². The highest BCUT2D eigenvalue weighted by atomic mass is 16.5. The first-order chi connectivity index (χ1) is 9.51. The van der Waals surface area contributed by atoms with E-state index in [0.717, 1.165) is 35.3 Å². The van der Waals surface area contributed by atoms with Gasteiger partial charge in [0.05, 0.1) is 13.0 Å². The van der Waals surface area contributed by atoms with E-state index in [1.807, 2.05) is 32.1 Å². The first-order valence-corrected chi connectivity index (χ1v) is 7.15. The van der Waals surface area contributed by atoms with Crippen molar-refractivity contribution < 1.29 is 14.6 Å². The van der Waals surface area contributed by atoms with Gasteiger partial charge in [0.2, 0.25) is 0 Å². The summed E-state index contributed by atoms with van der Waals surface area (Å²) < 4.78 is 5.60. The Morgan fingerprint density at radius 2 is 1.95 bits per heavy atom. The smallest absolute Gasteiger partial charge is 0.307 e. The molecule has 0 fully saturated rings. The zero-order chi connectivity index (χ0) is 15.1. The molecule has 1 aromatic rings. The standard InChI is InChI=1S/C17H24O3/c1-5-7-14(8-11-17(18)19)15-9-10-16(20-6-2)13(4)12(15)3/h8-10H,5-7,11H2,1-4H3,(H,18,19)/b14-8+. The van der Waals surface area contributed by atoms with E-state index in [-0.39, 0.29) is 6.42 Å². The van der Waals surface area contributed by atoms with Gasteiger partial charge in [0.25, 0.3) is 0 Å². The maximum Gasteiger partial charge on any atom is 0.307 e. The molecule has 0 bridgehead atoms. The molecule has 0 spiro atoms. The molecule has 3 heteroatoms. The molecule has 1 aromatic carbocycles. The molecule has 0 aliphatic heterocycles. The van der Waals surface area contributed by atoms with Gasteiger partial charge in [-0.3, -0.25) is 4.79 Å². The summed E-state index contributed by atoms with van der Waals surface area (Å²) >= 11 is 0. The number of benzene rings is 1. The number of carboxylic acids is 1. The Hall–Kier alpha value is -1.77. The molecular formula is C17H24O3. The first kappa shape index (κ1) is 16.3. The van der Waals surface area contributed by atoms with Gasteiger partial charge in [0, 0.05) is 0 Å². The van der Waals surface area contributed by atoms with Crippen molar-refractivity contribution in [3.63, 3.8) is 0 Å². The van der Waals surface area contributed by atoms with Crippen LogP contribution in [-0.4, -0.2) is 17.7 Å². The number of rotatable bonds is 7. The summed E-state index contributed by atoms with van der Waals surface area (Å²) in [6.07, 6.45) is 3.79. The monoisotopic (exact) mass is 276 g/mol. The van der Waals surface area contributed by atoms with Gasteiger partial charge >= 0.3 is 5.97 Å². The molecule has 110 valence electrons. The Labute approximate surface area is 121 Å². The summed E-state index contributed by atoms with van der Waals surface area (Å²) in [6, 6.07) is 4.02. The van der Waals surface area contributed by atoms with Crippen molar-refractivity contribution in [3.8, 4) is 5.75 Å². The fourth-order valence-electron chi connectivity index (χ4n) is 2.28. The molecule has 20 heavy (non-hydrogen) atoms. The second-order valence-electron chi connectivity index (χ2n) is 4.87. The summed E-state index contributed by atoms with van der Waals surface area (Å²) in [7, 11) is 0. The van der Waals surface area contributed by atoms with Crippen molar-refractivity contribution >= 4 is 11.5 Å². The van der Waals surface area contributed by atoms with Gasteiger partial charge in [-0.05, 0) is 55.5 Å². The summed E-state index contributed by atoms with van der Waals surface area (Å²) in [5.74, 6) is 0.113. The van der Waals surface area contributed by atoms with Crippen LogP contribution in [0.25, 0.3) is 5.57 Å². The van der Waals surface area contributed by atoms with E-state index >= 15 is 0 Å². The van der Waals surface area contributed by atoms with Crippen molar-refractivity contribution in [3.05, 3.63) is 34.9 Å². The molecule has 0 saturated carbocycles. The number of carbonyl (C=O) groups is 1. The molecule has 0 aliphatic carbocycles. The summed E-state index contributed by atoms with van der Waals surface area (Å²) in [6.45, 7) is 8.83. The van der Waals surface area contributed by atoms with E-state index in [4.69, 9.17) is 9.84 Å². The lowest BCUT2D eigenvalue weighted by molar-refractivity contribution is -0.135. The third-order valence-corrected chi connectivity index (χ3v) is 3.43. The highest BCUT2D eigenvalue weighted by Crippen LogP contribution is 2.30. The second kappa shape index (κ2) is 7.73. The Morgan fingerprint density at radius 1 is 1.25 bits per heavy atom. The predicted molar refractivity (Wildman–Crippen MR) is 82.2 cm³/mol. The third kappa shape index (κ3) is 4.12. The molecule has 0 unspecified atom stereocenters. The lowest BCUT2D eigenvalue weighted by Gasteiger charge is -2.16. The molecule has 0 aliphatic rings. The molecule has 3 nitrogen and oxygen atoms in total. The second-order valence-corrected chi connectivity index (χ2v) is 4.87. The molecule has 0 radical (unpaired) electrons. The predicted octanol–water partition coefficient (Wildman–Crippen LogP) is 4.36. The van der Waals surface area contributed by atoms with E-state index in [1.54, 1.807) is 0 Å². The lowest BCUT2D eigenvalue weighted by atomic mass is 9.93. The minimum atomic E-state index is -0.793. The average Bonchev–Trinajstić information content (AvgIpc) is 2.41. The van der Waals surface area contributed by atoms with Crippen molar-refractivity contribution in [2.75, 3.05) is 6.61 Å². The molecule has 1 rings (SSSR count). The molecule has 1 N–H and O–H groups in total. The minimum Gasteiger partial charge on any atom is -0.494 e. The summed E-state index contributed by atoms with van der Waals surface area (Å²) in [5.41, 5.74) is 4.54. The first-order valence-electron chi connectivity index (χ1n) is 7.15. The normalized spacial score (nSPS) is 11.5. The summed E-state index contributed by atoms with van der Waals surface area (Å²) in [4.78, 5) is 10.8. The van der Waals surface area contributed by atoms with Crippen molar-refractivity contribution in [2.45, 2.75) is 47.0 Å². The lowest BCUT2D eigenvalue weighted by Crippen LogP contribution is -1.99. The fraction of sp³-hybridized carbons (Fsp3) is 0.471. The van der Waals surface area contributed by atoms with Crippen molar-refractivity contribution in [2.24, 2.45) is 0 Å². The Bertz CT molecular complexity index is 501. The highest BCUT2D eigenvalue weighted by molar-refractivity contribution is 5.76. The van der Waals surface area contributed by atoms with Crippen LogP contribution in [0.1, 0.15) is 49.8 Å². The average molecular weight is 276 g/mol. The number of ether oxygens (including phenoxy) is 1. The maximum atomic E-state index is 10.8. The van der Waals surface area contributed by atoms with Gasteiger partial charge in [0.1, 0.15) is 5.75 Å².